The number of benzene rings is 2. The first-order chi connectivity index (χ1) is 17.0. The van der Waals surface area contributed by atoms with Crippen molar-refractivity contribution in [2.45, 2.75) is 49.3 Å². The van der Waals surface area contributed by atoms with Crippen molar-refractivity contribution >= 4 is 40.7 Å². The Bertz CT molecular complexity index is 1160. The van der Waals surface area contributed by atoms with Crippen LogP contribution >= 0.6 is 23.1 Å². The molecule has 1 aromatic heterocycles. The third-order valence-electron chi connectivity index (χ3n) is 5.72. The second-order valence-corrected chi connectivity index (χ2v) is 9.97. The zero-order valence-corrected chi connectivity index (χ0v) is 20.9. The minimum Gasteiger partial charge on any atom is -0.483 e. The van der Waals surface area contributed by atoms with E-state index in [1.165, 1.54) is 17.4 Å². The lowest BCUT2D eigenvalue weighted by atomic mass is 9.90. The first-order valence-electron chi connectivity index (χ1n) is 11.4. The van der Waals surface area contributed by atoms with Gasteiger partial charge in [-0.1, -0.05) is 25.0 Å². The highest BCUT2D eigenvalue weighted by Gasteiger charge is 2.28. The predicted molar refractivity (Wildman–Crippen MR) is 137 cm³/mol. The molecule has 3 N–H and O–H groups in total. The Morgan fingerprint density at radius 2 is 1.80 bits per heavy atom. The molecule has 0 aliphatic heterocycles. The number of carbonyl (C=O) groups is 2. The quantitative estimate of drug-likeness (QED) is 0.348. The number of hydrogen-bond acceptors (Lipinski definition) is 6. The number of rotatable bonds is 8. The summed E-state index contributed by atoms with van der Waals surface area (Å²) in [5, 5.41) is 11.1. The number of thiazole rings is 1. The molecule has 0 bridgehead atoms. The molecule has 184 valence electrons. The molecule has 0 saturated heterocycles. The Balaban J connectivity index is 1.31. The maximum absolute atomic E-state index is 13.7. The van der Waals surface area contributed by atoms with Gasteiger partial charge in [0, 0.05) is 22.0 Å². The summed E-state index contributed by atoms with van der Waals surface area (Å²) in [5.74, 6) is -0.604. The van der Waals surface area contributed by atoms with Crippen LogP contribution in [0.4, 0.5) is 14.9 Å². The lowest BCUT2D eigenvalue weighted by Gasteiger charge is -2.32. The van der Waals surface area contributed by atoms with Crippen molar-refractivity contribution in [3.8, 4) is 5.75 Å². The minimum absolute atomic E-state index is 0.0740. The van der Waals surface area contributed by atoms with Gasteiger partial charge >= 0.3 is 6.03 Å². The van der Waals surface area contributed by atoms with E-state index in [9.17, 15) is 14.0 Å². The van der Waals surface area contributed by atoms with Gasteiger partial charge in [-0.3, -0.25) is 4.79 Å². The highest BCUT2D eigenvalue weighted by molar-refractivity contribution is 7.98. The average Bonchev–Trinajstić information content (AvgIpc) is 3.34. The fourth-order valence-electron chi connectivity index (χ4n) is 3.91. The molecule has 1 fully saturated rings. The predicted octanol–water partition coefficient (Wildman–Crippen LogP) is 5.45. The summed E-state index contributed by atoms with van der Waals surface area (Å²) in [6.07, 6.45) is 5.50. The number of nitrogens with zero attached hydrogens (tertiary/aromatic N) is 1. The van der Waals surface area contributed by atoms with E-state index in [0.29, 0.717) is 10.7 Å². The Kier molecular flexibility index (Phi) is 8.59. The van der Waals surface area contributed by atoms with E-state index < -0.39 is 5.82 Å². The van der Waals surface area contributed by atoms with E-state index in [-0.39, 0.29) is 42.1 Å². The van der Waals surface area contributed by atoms with Crippen LogP contribution in [0.25, 0.3) is 0 Å². The summed E-state index contributed by atoms with van der Waals surface area (Å²) in [7, 11) is 0. The molecule has 3 amide bonds. The van der Waals surface area contributed by atoms with Crippen LogP contribution in [0.3, 0.4) is 0 Å². The molecule has 10 heteroatoms. The standard InChI is InChI=1S/C25H27FN4O3S2/c1-34-17-12-10-16(11-13-17)27-25(32)30-20-8-4-3-7-19(20)29-24(31)21-15-35-23(28-21)14-33-22-9-5-2-6-18(22)26/h2,5-6,9-13,15,19-20H,3-4,7-8,14H2,1H3,(H,29,31)(H2,27,30,32)/t19-,20-/m1/s1. The van der Waals surface area contributed by atoms with Gasteiger partial charge in [0.15, 0.2) is 11.6 Å². The average molecular weight is 515 g/mol. The third-order valence-corrected chi connectivity index (χ3v) is 7.28. The van der Waals surface area contributed by atoms with Crippen LogP contribution < -0.4 is 20.7 Å². The third kappa shape index (κ3) is 6.95. The number of carbonyl (C=O) groups excluding carboxylic acids is 2. The number of para-hydroxylation sites is 1. The normalized spacial score (nSPS) is 17.4. The maximum Gasteiger partial charge on any atom is 0.319 e. The number of anilines is 1. The summed E-state index contributed by atoms with van der Waals surface area (Å²) in [4.78, 5) is 30.9. The van der Waals surface area contributed by atoms with Crippen molar-refractivity contribution in [3.63, 3.8) is 0 Å². The smallest absolute Gasteiger partial charge is 0.319 e. The zero-order valence-electron chi connectivity index (χ0n) is 19.3. The molecule has 7 nitrogen and oxygen atoms in total. The number of hydrogen-bond donors (Lipinski definition) is 3. The number of nitrogens with one attached hydrogen (secondary N) is 3. The van der Waals surface area contributed by atoms with E-state index in [1.54, 1.807) is 35.3 Å². The Labute approximate surface area is 211 Å². The monoisotopic (exact) mass is 514 g/mol. The molecular formula is C25H27FN4O3S2. The van der Waals surface area contributed by atoms with Crippen LogP contribution in [0.2, 0.25) is 0 Å². The van der Waals surface area contributed by atoms with Gasteiger partial charge in [0.1, 0.15) is 17.3 Å². The number of aromatic nitrogens is 1. The molecule has 2 aromatic carbocycles. The first kappa shape index (κ1) is 25.0. The number of amides is 3. The SMILES string of the molecule is CSc1ccc(NC(=O)N[C@@H]2CCCC[C@H]2NC(=O)c2csc(COc3ccccc3F)n2)cc1. The van der Waals surface area contributed by atoms with Gasteiger partial charge in [0.05, 0.1) is 6.04 Å². The van der Waals surface area contributed by atoms with E-state index in [2.05, 4.69) is 20.9 Å². The van der Waals surface area contributed by atoms with Gasteiger partial charge < -0.3 is 20.7 Å². The van der Waals surface area contributed by atoms with E-state index in [1.807, 2.05) is 30.5 Å². The highest BCUT2D eigenvalue weighted by atomic mass is 32.2. The second kappa shape index (κ2) is 12.0. The van der Waals surface area contributed by atoms with Gasteiger partial charge in [-0.2, -0.15) is 0 Å². The van der Waals surface area contributed by atoms with Gasteiger partial charge in [0.25, 0.3) is 5.91 Å². The van der Waals surface area contributed by atoms with Crippen LogP contribution in [0.1, 0.15) is 41.2 Å². The molecule has 2 atom stereocenters. The molecular weight excluding hydrogens is 487 g/mol. The van der Waals surface area contributed by atoms with Gasteiger partial charge in [0.2, 0.25) is 0 Å². The number of halogens is 1. The molecule has 1 saturated carbocycles. The molecule has 4 rings (SSSR count). The topological polar surface area (TPSA) is 92.4 Å². The molecule has 0 unspecified atom stereocenters. The zero-order chi connectivity index (χ0) is 24.6. The number of urea groups is 1. The van der Waals surface area contributed by atoms with Crippen LogP contribution in [0.15, 0.2) is 58.8 Å². The van der Waals surface area contributed by atoms with Crippen molar-refractivity contribution in [1.29, 1.82) is 0 Å². The Hall–Kier alpha value is -3.11. The van der Waals surface area contributed by atoms with Gasteiger partial charge in [-0.15, -0.1) is 23.1 Å². The van der Waals surface area contributed by atoms with Gasteiger partial charge in [-0.05, 0) is 55.5 Å². The molecule has 0 spiro atoms. The lowest BCUT2D eigenvalue weighted by molar-refractivity contribution is 0.0911. The molecule has 35 heavy (non-hydrogen) atoms. The van der Waals surface area contributed by atoms with Crippen molar-refractivity contribution in [3.05, 3.63) is 70.4 Å². The maximum atomic E-state index is 13.7. The van der Waals surface area contributed by atoms with Crippen LogP contribution in [0.5, 0.6) is 5.75 Å². The van der Waals surface area contributed by atoms with Crippen LogP contribution in [-0.4, -0.2) is 35.3 Å². The lowest BCUT2D eigenvalue weighted by Crippen LogP contribution is -2.54. The van der Waals surface area contributed by atoms with Gasteiger partial charge in [-0.25, -0.2) is 14.2 Å². The summed E-state index contributed by atoms with van der Waals surface area (Å²) >= 11 is 2.92. The largest absolute Gasteiger partial charge is 0.483 e. The number of thioether (sulfide) groups is 1. The van der Waals surface area contributed by atoms with Crippen molar-refractivity contribution < 1.29 is 18.7 Å². The summed E-state index contributed by atoms with van der Waals surface area (Å²) in [6.45, 7) is 0.0740. The molecule has 1 aliphatic carbocycles. The minimum atomic E-state index is -0.445. The Morgan fingerprint density at radius 3 is 2.51 bits per heavy atom. The van der Waals surface area contributed by atoms with Crippen molar-refractivity contribution in [2.75, 3.05) is 11.6 Å². The fourth-order valence-corrected chi connectivity index (χ4v) is 5.01. The number of ether oxygens (including phenoxy) is 1. The first-order valence-corrected chi connectivity index (χ1v) is 13.5. The van der Waals surface area contributed by atoms with Crippen molar-refractivity contribution in [2.24, 2.45) is 0 Å². The molecule has 3 aromatic rings. The van der Waals surface area contributed by atoms with Crippen LogP contribution in [-0.2, 0) is 6.61 Å². The second-order valence-electron chi connectivity index (χ2n) is 8.14. The van der Waals surface area contributed by atoms with Crippen LogP contribution in [0, 0.1) is 5.82 Å². The molecule has 1 heterocycles. The summed E-state index contributed by atoms with van der Waals surface area (Å²) in [5.41, 5.74) is 0.995. The molecule has 1 aliphatic rings. The summed E-state index contributed by atoms with van der Waals surface area (Å²) < 4.78 is 19.2. The van der Waals surface area contributed by atoms with Crippen molar-refractivity contribution in [1.82, 2.24) is 15.6 Å². The highest BCUT2D eigenvalue weighted by Crippen LogP contribution is 2.22. The Morgan fingerprint density at radius 1 is 1.09 bits per heavy atom. The summed E-state index contributed by atoms with van der Waals surface area (Å²) in [6, 6.07) is 13.1. The van der Waals surface area contributed by atoms with E-state index >= 15 is 0 Å². The fraction of sp³-hybridized carbons (Fsp3) is 0.320. The van der Waals surface area contributed by atoms with E-state index in [0.717, 1.165) is 30.6 Å². The van der Waals surface area contributed by atoms with E-state index in [4.69, 9.17) is 4.74 Å². The molecule has 0 radical (unpaired) electrons.